The standard InChI is InChI=1S/C5H10IN/c1-5(2,3)4-7-6/h4H,1-3H3. The molecule has 1 nitrogen and oxygen atoms in total. The lowest BCUT2D eigenvalue weighted by atomic mass is 10.00. The topological polar surface area (TPSA) is 12.4 Å². The number of rotatable bonds is 0. The van der Waals surface area contributed by atoms with Crippen molar-refractivity contribution in [3.63, 3.8) is 0 Å². The second kappa shape index (κ2) is 2.64. The fourth-order valence-corrected chi connectivity index (χ4v) is 0.982. The average Bonchev–Trinajstić information content (AvgIpc) is 1.30. The maximum Gasteiger partial charge on any atom is 0.0827 e. The van der Waals surface area contributed by atoms with E-state index in [0.717, 1.165) is 0 Å². The molecule has 0 aliphatic heterocycles. The van der Waals surface area contributed by atoms with Crippen LogP contribution >= 0.6 is 22.9 Å². The van der Waals surface area contributed by atoms with Crippen LogP contribution in [-0.4, -0.2) is 6.21 Å². The van der Waals surface area contributed by atoms with Gasteiger partial charge in [0.25, 0.3) is 0 Å². The van der Waals surface area contributed by atoms with Gasteiger partial charge in [-0.3, -0.25) is 0 Å². The summed E-state index contributed by atoms with van der Waals surface area (Å²) in [7, 11) is 0. The lowest BCUT2D eigenvalue weighted by Gasteiger charge is -2.07. The van der Waals surface area contributed by atoms with Crippen LogP contribution in [0, 0.1) is 5.41 Å². The van der Waals surface area contributed by atoms with Gasteiger partial charge in [0.05, 0.1) is 22.9 Å². The monoisotopic (exact) mass is 211 g/mol. The van der Waals surface area contributed by atoms with Crippen LogP contribution in [0.15, 0.2) is 3.21 Å². The Bertz CT molecular complexity index is 70.6. The summed E-state index contributed by atoms with van der Waals surface area (Å²) in [6, 6.07) is 0. The normalized spacial score (nSPS) is 13.1. The van der Waals surface area contributed by atoms with E-state index in [0.29, 0.717) is 0 Å². The number of halogens is 1. The summed E-state index contributed by atoms with van der Waals surface area (Å²) in [5.74, 6) is 0. The third-order valence-corrected chi connectivity index (χ3v) is 0.715. The summed E-state index contributed by atoms with van der Waals surface area (Å²) in [5, 5.41) is 0. The molecule has 0 spiro atoms. The Morgan fingerprint density at radius 3 is 1.86 bits per heavy atom. The molecule has 0 saturated carbocycles. The van der Waals surface area contributed by atoms with E-state index in [2.05, 4.69) is 24.0 Å². The molecule has 0 unspecified atom stereocenters. The highest BCUT2D eigenvalue weighted by molar-refractivity contribution is 14.1. The van der Waals surface area contributed by atoms with Crippen LogP contribution in [-0.2, 0) is 0 Å². The van der Waals surface area contributed by atoms with Gasteiger partial charge in [0.15, 0.2) is 0 Å². The highest BCUT2D eigenvalue weighted by Gasteiger charge is 2.03. The lowest BCUT2D eigenvalue weighted by molar-refractivity contribution is 0.609. The quantitative estimate of drug-likeness (QED) is 0.431. The first-order chi connectivity index (χ1) is 3.06. The predicted octanol–water partition coefficient (Wildman–Crippen LogP) is 2.45. The van der Waals surface area contributed by atoms with Gasteiger partial charge < -0.3 is 0 Å². The van der Waals surface area contributed by atoms with Crippen molar-refractivity contribution in [2.45, 2.75) is 20.8 Å². The van der Waals surface area contributed by atoms with E-state index in [1.165, 1.54) is 0 Å². The van der Waals surface area contributed by atoms with Crippen molar-refractivity contribution in [3.8, 4) is 0 Å². The summed E-state index contributed by atoms with van der Waals surface area (Å²) in [6.07, 6.45) is 1.92. The molecule has 0 N–H and O–H groups in total. The van der Waals surface area contributed by atoms with Crippen molar-refractivity contribution >= 4 is 29.1 Å². The van der Waals surface area contributed by atoms with E-state index >= 15 is 0 Å². The first kappa shape index (κ1) is 7.40. The van der Waals surface area contributed by atoms with E-state index in [4.69, 9.17) is 0 Å². The number of hydrogen-bond donors (Lipinski definition) is 0. The summed E-state index contributed by atoms with van der Waals surface area (Å²) >= 11 is 1.98. The van der Waals surface area contributed by atoms with Crippen molar-refractivity contribution in [1.29, 1.82) is 0 Å². The molecule has 0 fully saturated rings. The molecule has 2 heteroatoms. The Morgan fingerprint density at radius 2 is 1.86 bits per heavy atom. The van der Waals surface area contributed by atoms with Crippen LogP contribution in [0.25, 0.3) is 0 Å². The molecule has 0 bridgehead atoms. The highest BCUT2D eigenvalue weighted by atomic mass is 127. The van der Waals surface area contributed by atoms with Gasteiger partial charge in [-0.1, -0.05) is 20.8 Å². The van der Waals surface area contributed by atoms with Gasteiger partial charge in [-0.25, -0.2) is 3.21 Å². The SMILES string of the molecule is CC(C)(C)C=NI. The van der Waals surface area contributed by atoms with Gasteiger partial charge in [-0.15, -0.1) is 0 Å². The Hall–Kier alpha value is 0.400. The zero-order valence-corrected chi connectivity index (χ0v) is 7.06. The third kappa shape index (κ3) is 6.40. The number of nitrogens with zero attached hydrogens (tertiary/aromatic N) is 1. The maximum absolute atomic E-state index is 3.85. The smallest absolute Gasteiger partial charge is 0.0827 e. The minimum atomic E-state index is 0.251. The van der Waals surface area contributed by atoms with E-state index in [1.807, 2.05) is 29.1 Å². The molecule has 0 amide bonds. The summed E-state index contributed by atoms with van der Waals surface area (Å²) in [5.41, 5.74) is 0.251. The van der Waals surface area contributed by atoms with Gasteiger partial charge in [0.1, 0.15) is 0 Å². The van der Waals surface area contributed by atoms with Crippen LogP contribution < -0.4 is 0 Å². The van der Waals surface area contributed by atoms with Gasteiger partial charge in [-0.05, 0) is 5.41 Å². The van der Waals surface area contributed by atoms with Crippen LogP contribution in [0.3, 0.4) is 0 Å². The fourth-order valence-electron chi connectivity index (χ4n) is 0.146. The summed E-state index contributed by atoms with van der Waals surface area (Å²) in [6.45, 7) is 6.36. The highest BCUT2D eigenvalue weighted by Crippen LogP contribution is 2.08. The van der Waals surface area contributed by atoms with E-state index in [-0.39, 0.29) is 5.41 Å². The van der Waals surface area contributed by atoms with Crippen molar-refractivity contribution in [2.24, 2.45) is 8.62 Å². The van der Waals surface area contributed by atoms with Crippen molar-refractivity contribution < 1.29 is 0 Å². The maximum atomic E-state index is 3.85. The molecule has 0 rings (SSSR count). The zero-order chi connectivity index (χ0) is 5.91. The van der Waals surface area contributed by atoms with Crippen LogP contribution in [0.5, 0.6) is 0 Å². The molecule has 0 saturated heterocycles. The van der Waals surface area contributed by atoms with Crippen molar-refractivity contribution in [1.82, 2.24) is 0 Å². The Labute approximate surface area is 58.7 Å². The summed E-state index contributed by atoms with van der Waals surface area (Å²) < 4.78 is 3.85. The third-order valence-electron chi connectivity index (χ3n) is 0.436. The second-order valence-electron chi connectivity index (χ2n) is 2.59. The molecule has 0 heterocycles. The Kier molecular flexibility index (Phi) is 2.80. The first-order valence-corrected chi connectivity index (χ1v) is 3.18. The molecule has 0 aromatic rings. The molecule has 0 aromatic carbocycles. The summed E-state index contributed by atoms with van der Waals surface area (Å²) in [4.78, 5) is 0. The molecule has 0 aliphatic carbocycles. The second-order valence-corrected chi connectivity index (χ2v) is 3.15. The predicted molar refractivity (Wildman–Crippen MR) is 42.0 cm³/mol. The minimum absolute atomic E-state index is 0.251. The Balaban J connectivity index is 3.56. The molecule has 0 atom stereocenters. The molecular weight excluding hydrogens is 201 g/mol. The van der Waals surface area contributed by atoms with E-state index in [9.17, 15) is 0 Å². The lowest BCUT2D eigenvalue weighted by Crippen LogP contribution is -2.04. The first-order valence-electron chi connectivity index (χ1n) is 2.22. The van der Waals surface area contributed by atoms with Gasteiger partial charge in [0, 0.05) is 6.21 Å². The van der Waals surface area contributed by atoms with Gasteiger partial charge >= 0.3 is 0 Å². The average molecular weight is 211 g/mol. The van der Waals surface area contributed by atoms with E-state index in [1.54, 1.807) is 0 Å². The van der Waals surface area contributed by atoms with Crippen LogP contribution in [0.1, 0.15) is 20.8 Å². The van der Waals surface area contributed by atoms with Crippen molar-refractivity contribution in [2.75, 3.05) is 0 Å². The van der Waals surface area contributed by atoms with Gasteiger partial charge in [-0.2, -0.15) is 0 Å². The van der Waals surface area contributed by atoms with E-state index < -0.39 is 0 Å². The van der Waals surface area contributed by atoms with Crippen LogP contribution in [0.4, 0.5) is 0 Å². The van der Waals surface area contributed by atoms with Crippen LogP contribution in [0.2, 0.25) is 0 Å². The largest absolute Gasteiger partial charge is 0.227 e. The molecule has 7 heavy (non-hydrogen) atoms. The van der Waals surface area contributed by atoms with Gasteiger partial charge in [0.2, 0.25) is 0 Å². The Morgan fingerprint density at radius 1 is 1.43 bits per heavy atom. The molecular formula is C5H10IN. The molecule has 0 aromatic heterocycles. The van der Waals surface area contributed by atoms with Crippen molar-refractivity contribution in [3.05, 3.63) is 0 Å². The molecule has 0 radical (unpaired) electrons. The number of hydrogen-bond acceptors (Lipinski definition) is 1. The zero-order valence-electron chi connectivity index (χ0n) is 4.90. The molecule has 42 valence electrons. The fraction of sp³-hybridized carbons (Fsp3) is 0.800. The molecule has 0 aliphatic rings. The minimum Gasteiger partial charge on any atom is -0.227 e.